The maximum Gasteiger partial charge on any atom is 0.343 e. The fourth-order valence-electron chi connectivity index (χ4n) is 6.24. The number of carbonyl (C=O) groups is 2. The van der Waals surface area contributed by atoms with Crippen molar-refractivity contribution in [1.82, 2.24) is 31.0 Å². The molecular weight excluding hydrogens is 488 g/mol. The van der Waals surface area contributed by atoms with E-state index in [1.54, 1.807) is 17.0 Å². The van der Waals surface area contributed by atoms with Crippen LogP contribution in [0.3, 0.4) is 0 Å². The Labute approximate surface area is 218 Å². The van der Waals surface area contributed by atoms with Gasteiger partial charge in [0.2, 0.25) is 5.66 Å². The normalized spacial score (nSPS) is 29.2. The highest BCUT2D eigenvalue weighted by Gasteiger charge is 2.68. The smallest absolute Gasteiger partial charge is 0.343 e. The molecule has 1 aliphatic carbocycles. The van der Waals surface area contributed by atoms with Crippen molar-refractivity contribution in [3.8, 4) is 0 Å². The molecule has 9 N–H and O–H groups in total. The summed E-state index contributed by atoms with van der Waals surface area (Å²) in [5, 5.41) is 28.2. The predicted molar refractivity (Wildman–Crippen MR) is 137 cm³/mol. The Morgan fingerprint density at radius 1 is 1.18 bits per heavy atom. The van der Waals surface area contributed by atoms with Crippen molar-refractivity contribution in [3.63, 3.8) is 0 Å². The molecule has 6 rings (SSSR count). The summed E-state index contributed by atoms with van der Waals surface area (Å²) in [7, 11) is 0. The molecule has 4 aliphatic rings. The second-order valence-electron chi connectivity index (χ2n) is 10.1. The van der Waals surface area contributed by atoms with Gasteiger partial charge in [-0.25, -0.2) is 10.3 Å². The van der Waals surface area contributed by atoms with Gasteiger partial charge in [0, 0.05) is 24.8 Å². The lowest BCUT2D eigenvalue weighted by Gasteiger charge is -2.43. The number of benzene rings is 1. The first kappa shape index (κ1) is 24.1. The molecule has 0 saturated carbocycles. The van der Waals surface area contributed by atoms with E-state index in [4.69, 9.17) is 11.5 Å². The molecule has 1 aromatic carbocycles. The molecule has 0 radical (unpaired) electrons. The third-order valence-electron chi connectivity index (χ3n) is 7.97. The van der Waals surface area contributed by atoms with Gasteiger partial charge in [0.1, 0.15) is 12.1 Å². The van der Waals surface area contributed by atoms with Crippen molar-refractivity contribution in [3.05, 3.63) is 58.9 Å². The summed E-state index contributed by atoms with van der Waals surface area (Å²) in [5.74, 6) is -0.212. The van der Waals surface area contributed by atoms with Crippen LogP contribution in [0, 0.1) is 0 Å². The number of aliphatic imine (C=N–C) groups is 1. The van der Waals surface area contributed by atoms with Crippen molar-refractivity contribution in [1.29, 1.82) is 0 Å². The fraction of sp³-hybridized carbons (Fsp3) is 0.440. The van der Waals surface area contributed by atoms with Gasteiger partial charge < -0.3 is 26.4 Å². The highest BCUT2D eigenvalue weighted by atomic mass is 16.3. The quantitative estimate of drug-likeness (QED) is 0.208. The largest absolute Gasteiger partial charge is 0.385 e. The molecule has 1 saturated heterocycles. The minimum absolute atomic E-state index is 0.109. The molecule has 0 unspecified atom stereocenters. The van der Waals surface area contributed by atoms with E-state index in [1.807, 2.05) is 12.1 Å². The van der Waals surface area contributed by atoms with Crippen LogP contribution in [-0.2, 0) is 12.8 Å². The summed E-state index contributed by atoms with van der Waals surface area (Å²) < 4.78 is 0. The third-order valence-corrected chi connectivity index (χ3v) is 7.97. The summed E-state index contributed by atoms with van der Waals surface area (Å²) in [5.41, 5.74) is 14.5. The molecule has 0 bridgehead atoms. The number of fused-ring (bicyclic) bond motifs is 1. The Hall–Kier alpha value is -4.26. The monoisotopic (exact) mass is 519 g/mol. The summed E-state index contributed by atoms with van der Waals surface area (Å²) in [6, 6.07) is 7.25. The summed E-state index contributed by atoms with van der Waals surface area (Å²) in [4.78, 5) is 35.5. The molecule has 3 aliphatic heterocycles. The van der Waals surface area contributed by atoms with E-state index >= 15 is 0 Å². The number of hydrogen-bond acceptors (Lipinski definition) is 10. The highest BCUT2D eigenvalue weighted by Crippen LogP contribution is 2.35. The standard InChI is InChI=1S/C25H30N10O3/c26-23-32-19-17(11-28-22(38)16-9-4-10-29-34-16)31-24(27)35-12-18(20(36)25(19,35)33-23)30-21(37)15-8-3-6-13-5-1-2-7-14(13)15/h3-4,6,8-10,17-20,36H,1-2,5,7,11-12H2,(H2,27,31)(H,28,38)(H,30,37)(H3,26,32,33)/p+1/t17-,18+,19-,20+,25-/m0/s1. The lowest BCUT2D eigenvalue weighted by Crippen LogP contribution is -2.88. The van der Waals surface area contributed by atoms with Crippen molar-refractivity contribution in [2.75, 3.05) is 13.1 Å². The number of aryl methyl sites for hydroxylation is 1. The number of carbonyl (C=O) groups excluding carboxylic acids is 2. The molecule has 13 nitrogen and oxygen atoms in total. The Kier molecular flexibility index (Phi) is 5.86. The number of amides is 2. The Morgan fingerprint density at radius 3 is 2.84 bits per heavy atom. The van der Waals surface area contributed by atoms with Gasteiger partial charge in [0.25, 0.3) is 11.8 Å². The van der Waals surface area contributed by atoms with E-state index in [0.29, 0.717) is 5.56 Å². The van der Waals surface area contributed by atoms with Crippen LogP contribution in [0.2, 0.25) is 0 Å². The van der Waals surface area contributed by atoms with Crippen molar-refractivity contribution in [2.24, 2.45) is 16.5 Å². The minimum Gasteiger partial charge on any atom is -0.385 e. The number of nitrogens with zero attached hydrogens (tertiary/aromatic N) is 4. The van der Waals surface area contributed by atoms with Gasteiger partial charge in [0.05, 0.1) is 6.04 Å². The van der Waals surface area contributed by atoms with Crippen LogP contribution >= 0.6 is 0 Å². The molecule has 5 atom stereocenters. The van der Waals surface area contributed by atoms with Crippen molar-refractivity contribution in [2.45, 2.75) is 55.6 Å². The van der Waals surface area contributed by atoms with Crippen LogP contribution in [0.5, 0.6) is 0 Å². The van der Waals surface area contributed by atoms with Gasteiger partial charge >= 0.3 is 5.96 Å². The molecule has 13 heteroatoms. The number of nitrogens with one attached hydrogen (secondary N) is 4. The van der Waals surface area contributed by atoms with Crippen LogP contribution in [-0.4, -0.2) is 86.9 Å². The molecule has 1 aromatic heterocycles. The van der Waals surface area contributed by atoms with E-state index in [0.717, 1.165) is 31.2 Å². The first-order chi connectivity index (χ1) is 18.4. The van der Waals surface area contributed by atoms with Crippen LogP contribution in [0.4, 0.5) is 0 Å². The molecule has 1 spiro atoms. The minimum atomic E-state index is -1.16. The molecule has 198 valence electrons. The van der Waals surface area contributed by atoms with Crippen LogP contribution in [0.15, 0.2) is 41.5 Å². The average molecular weight is 520 g/mol. The lowest BCUT2D eigenvalue weighted by atomic mass is 9.87. The number of nitrogens with two attached hydrogens (primary N) is 2. The SMILES string of the molecule is NC1=N[C@@H](CNC(=O)c2cccnn2)[C@@H]2[NH+]=C(N)N[C@@]23[C@H](O)[C@H](NC(=O)c2cccc4c2CCCC4)CN13. The van der Waals surface area contributed by atoms with Crippen LogP contribution in [0.25, 0.3) is 0 Å². The number of hydrogen-bond donors (Lipinski definition) is 7. The van der Waals surface area contributed by atoms with Gasteiger partial charge in [0.15, 0.2) is 17.7 Å². The van der Waals surface area contributed by atoms with Gasteiger partial charge in [-0.1, -0.05) is 12.1 Å². The molecule has 2 amide bonds. The first-order valence-electron chi connectivity index (χ1n) is 12.8. The number of aliphatic hydroxyl groups is 1. The second-order valence-corrected chi connectivity index (χ2v) is 10.1. The number of rotatable bonds is 5. The Morgan fingerprint density at radius 2 is 2.03 bits per heavy atom. The summed E-state index contributed by atoms with van der Waals surface area (Å²) in [6.45, 7) is 0.340. The summed E-state index contributed by atoms with van der Waals surface area (Å²) >= 11 is 0. The average Bonchev–Trinajstić information content (AvgIpc) is 3.43. The van der Waals surface area contributed by atoms with Gasteiger partial charge in [-0.05, 0) is 55.0 Å². The van der Waals surface area contributed by atoms with Crippen molar-refractivity contribution < 1.29 is 19.7 Å². The molecular formula is C25H31N10O3+. The number of guanidine groups is 2. The van der Waals surface area contributed by atoms with Crippen LogP contribution in [0.1, 0.15) is 44.8 Å². The summed E-state index contributed by atoms with van der Waals surface area (Å²) in [6.07, 6.45) is 4.40. The zero-order valence-corrected chi connectivity index (χ0v) is 20.7. The maximum atomic E-state index is 13.4. The maximum absolute atomic E-state index is 13.4. The molecule has 1 fully saturated rings. The molecule has 2 aromatic rings. The Bertz CT molecular complexity index is 1330. The van der Waals surface area contributed by atoms with E-state index in [-0.39, 0.29) is 36.6 Å². The molecule has 4 heterocycles. The number of aliphatic hydroxyl groups excluding tert-OH is 1. The molecule has 38 heavy (non-hydrogen) atoms. The zero-order chi connectivity index (χ0) is 26.4. The van der Waals surface area contributed by atoms with E-state index < -0.39 is 35.8 Å². The predicted octanol–water partition coefficient (Wildman–Crippen LogP) is -3.68. The van der Waals surface area contributed by atoms with E-state index in [1.165, 1.54) is 11.8 Å². The fourth-order valence-corrected chi connectivity index (χ4v) is 6.24. The Balaban J connectivity index is 1.22. The van der Waals surface area contributed by atoms with Crippen LogP contribution < -0.4 is 32.4 Å². The lowest BCUT2D eigenvalue weighted by molar-refractivity contribution is -0.513. The van der Waals surface area contributed by atoms with Gasteiger partial charge in [-0.15, -0.1) is 5.10 Å². The zero-order valence-electron chi connectivity index (χ0n) is 20.7. The van der Waals surface area contributed by atoms with E-state index in [9.17, 15) is 14.7 Å². The van der Waals surface area contributed by atoms with Crippen molar-refractivity contribution >= 4 is 23.7 Å². The topological polar surface area (TPSA) is 198 Å². The highest BCUT2D eigenvalue weighted by molar-refractivity contribution is 5.96. The third kappa shape index (κ3) is 3.81. The van der Waals surface area contributed by atoms with E-state index in [2.05, 4.69) is 42.2 Å². The second kappa shape index (κ2) is 9.24. The van der Waals surface area contributed by atoms with Gasteiger partial charge in [-0.2, -0.15) is 5.10 Å². The first-order valence-corrected chi connectivity index (χ1v) is 12.8. The van der Waals surface area contributed by atoms with Gasteiger partial charge in [-0.3, -0.25) is 20.3 Å². The number of aromatic nitrogens is 2.